The van der Waals surface area contributed by atoms with Gasteiger partial charge in [-0.1, -0.05) is 0 Å². The molecule has 1 aromatic carbocycles. The summed E-state index contributed by atoms with van der Waals surface area (Å²) >= 11 is 0. The van der Waals surface area contributed by atoms with Crippen molar-refractivity contribution in [1.29, 1.82) is 5.26 Å². The van der Waals surface area contributed by atoms with E-state index < -0.39 is 21.1 Å². The Morgan fingerprint density at radius 3 is 2.53 bits per heavy atom. The zero-order chi connectivity index (χ0) is 23.4. The Labute approximate surface area is 180 Å². The van der Waals surface area contributed by atoms with E-state index in [-0.39, 0.29) is 29.1 Å². The van der Waals surface area contributed by atoms with Gasteiger partial charge < -0.3 is 14.1 Å². The van der Waals surface area contributed by atoms with Crippen molar-refractivity contribution in [2.75, 3.05) is 7.11 Å². The topological polar surface area (TPSA) is 165 Å². The molecule has 0 atom stereocenters. The number of aryl methyl sites for hydroxylation is 1. The molecule has 0 amide bonds. The lowest BCUT2D eigenvalue weighted by Crippen LogP contribution is -2.18. The first-order valence-corrected chi connectivity index (χ1v) is 9.12. The molecular formula is C21H16N4O7. The van der Waals surface area contributed by atoms with Crippen molar-refractivity contribution in [1.82, 2.24) is 4.98 Å². The number of nitriles is 1. The van der Waals surface area contributed by atoms with Crippen LogP contribution in [0.25, 0.3) is 23.5 Å². The first-order chi connectivity index (χ1) is 15.3. The summed E-state index contributed by atoms with van der Waals surface area (Å²) in [5.41, 5.74) is -0.761. The molecule has 0 aliphatic rings. The lowest BCUT2D eigenvalue weighted by Gasteiger charge is -2.06. The van der Waals surface area contributed by atoms with Gasteiger partial charge in [0.2, 0.25) is 0 Å². The van der Waals surface area contributed by atoms with Gasteiger partial charge in [0.1, 0.15) is 28.8 Å². The van der Waals surface area contributed by atoms with E-state index in [0.29, 0.717) is 22.6 Å². The Morgan fingerprint density at radius 1 is 1.19 bits per heavy atom. The van der Waals surface area contributed by atoms with Crippen LogP contribution < -0.4 is 5.56 Å². The van der Waals surface area contributed by atoms with Crippen LogP contribution in [0.5, 0.6) is 0 Å². The van der Waals surface area contributed by atoms with Crippen LogP contribution in [0.2, 0.25) is 0 Å². The number of nitrogens with zero attached hydrogens (tertiary/aromatic N) is 3. The highest BCUT2D eigenvalue weighted by Crippen LogP contribution is 2.29. The summed E-state index contributed by atoms with van der Waals surface area (Å²) in [5.74, 6) is 0.759. The standard InChI is InChI=1S/C21H16N4O7/c1-12-9-13(3-7-18(12)24(27)28)19-8-5-14(32-19)4-6-17-20(25(29)30)16(11-31-2)15(10-22)21(26)23-17/h3-9H,11H2,1-2H3,(H,23,26)/b6-4+. The highest BCUT2D eigenvalue weighted by atomic mass is 16.6. The molecule has 0 unspecified atom stereocenters. The van der Waals surface area contributed by atoms with E-state index in [0.717, 1.165) is 0 Å². The molecule has 0 fully saturated rings. The van der Waals surface area contributed by atoms with E-state index in [9.17, 15) is 30.3 Å². The van der Waals surface area contributed by atoms with E-state index in [1.807, 2.05) is 0 Å². The van der Waals surface area contributed by atoms with Crippen LogP contribution >= 0.6 is 0 Å². The minimum absolute atomic E-state index is 0.00984. The Morgan fingerprint density at radius 2 is 1.94 bits per heavy atom. The first-order valence-electron chi connectivity index (χ1n) is 9.12. The number of hydrogen-bond acceptors (Lipinski definition) is 8. The van der Waals surface area contributed by atoms with Crippen LogP contribution in [0.3, 0.4) is 0 Å². The number of nitro groups is 2. The number of H-pyrrole nitrogens is 1. The predicted octanol–water partition coefficient (Wildman–Crippen LogP) is 3.95. The predicted molar refractivity (Wildman–Crippen MR) is 114 cm³/mol. The SMILES string of the molecule is COCc1c([N+](=O)[O-])c(/C=C/c2ccc(-c3ccc([N+](=O)[O-])c(C)c3)o2)[nH]c(=O)c1C#N. The lowest BCUT2D eigenvalue weighted by molar-refractivity contribution is -0.386. The molecule has 3 aromatic rings. The number of hydrogen-bond donors (Lipinski definition) is 1. The van der Waals surface area contributed by atoms with Gasteiger partial charge >= 0.3 is 0 Å². The monoisotopic (exact) mass is 436 g/mol. The van der Waals surface area contributed by atoms with E-state index in [2.05, 4.69) is 4.98 Å². The highest BCUT2D eigenvalue weighted by Gasteiger charge is 2.25. The van der Waals surface area contributed by atoms with Crippen molar-refractivity contribution in [3.8, 4) is 17.4 Å². The van der Waals surface area contributed by atoms with Crippen molar-refractivity contribution in [3.05, 3.63) is 89.1 Å². The Balaban J connectivity index is 1.99. The van der Waals surface area contributed by atoms with Gasteiger partial charge in [-0.3, -0.25) is 25.0 Å². The summed E-state index contributed by atoms with van der Waals surface area (Å²) in [4.78, 5) is 35.9. The van der Waals surface area contributed by atoms with Crippen molar-refractivity contribution in [2.45, 2.75) is 13.5 Å². The first kappa shape index (κ1) is 22.1. The second-order valence-corrected chi connectivity index (χ2v) is 6.67. The molecule has 1 N–H and O–H groups in total. The third-order valence-electron chi connectivity index (χ3n) is 4.62. The number of nitrogens with one attached hydrogen (secondary N) is 1. The number of nitro benzene ring substituents is 1. The number of methoxy groups -OCH3 is 1. The molecule has 0 aliphatic carbocycles. The summed E-state index contributed by atoms with van der Waals surface area (Å²) in [6, 6.07) is 9.47. The van der Waals surface area contributed by atoms with Gasteiger partial charge in [-0.15, -0.1) is 0 Å². The minimum atomic E-state index is -0.772. The molecule has 3 rings (SSSR count). The summed E-state index contributed by atoms with van der Waals surface area (Å²) in [5, 5.41) is 31.8. The Bertz CT molecular complexity index is 1350. The molecule has 0 radical (unpaired) electrons. The second-order valence-electron chi connectivity index (χ2n) is 6.67. The Kier molecular flexibility index (Phi) is 6.27. The van der Waals surface area contributed by atoms with Gasteiger partial charge in [0, 0.05) is 24.3 Å². The van der Waals surface area contributed by atoms with Crippen LogP contribution in [0, 0.1) is 38.5 Å². The van der Waals surface area contributed by atoms with Crippen molar-refractivity contribution in [2.24, 2.45) is 0 Å². The molecule has 0 saturated heterocycles. The van der Waals surface area contributed by atoms with Gasteiger partial charge in [-0.05, 0) is 43.3 Å². The Hall–Kier alpha value is -4.56. The minimum Gasteiger partial charge on any atom is -0.457 e. The van der Waals surface area contributed by atoms with Crippen LogP contribution in [-0.4, -0.2) is 21.9 Å². The smallest absolute Gasteiger partial charge is 0.299 e. The molecule has 0 aliphatic heterocycles. The molecule has 0 spiro atoms. The summed E-state index contributed by atoms with van der Waals surface area (Å²) < 4.78 is 10.6. The zero-order valence-electron chi connectivity index (χ0n) is 16.9. The number of ether oxygens (including phenoxy) is 1. The van der Waals surface area contributed by atoms with Crippen LogP contribution in [0.1, 0.15) is 28.1 Å². The number of benzene rings is 1. The largest absolute Gasteiger partial charge is 0.457 e. The summed E-state index contributed by atoms with van der Waals surface area (Å²) in [6.07, 6.45) is 2.71. The van der Waals surface area contributed by atoms with Crippen LogP contribution in [-0.2, 0) is 11.3 Å². The number of furan rings is 1. The fraction of sp³-hybridized carbons (Fsp3) is 0.143. The third-order valence-corrected chi connectivity index (χ3v) is 4.62. The van der Waals surface area contributed by atoms with E-state index in [1.54, 1.807) is 37.3 Å². The number of pyridine rings is 1. The molecule has 0 bridgehead atoms. The number of aromatic nitrogens is 1. The van der Waals surface area contributed by atoms with Gasteiger partial charge in [0.15, 0.2) is 0 Å². The fourth-order valence-corrected chi connectivity index (χ4v) is 3.17. The van der Waals surface area contributed by atoms with Crippen LogP contribution in [0.15, 0.2) is 39.5 Å². The van der Waals surface area contributed by atoms with Gasteiger partial charge in [-0.2, -0.15) is 5.26 Å². The quantitative estimate of drug-likeness (QED) is 0.429. The fourth-order valence-electron chi connectivity index (χ4n) is 3.17. The zero-order valence-corrected chi connectivity index (χ0v) is 16.9. The molecule has 32 heavy (non-hydrogen) atoms. The van der Waals surface area contributed by atoms with E-state index in [4.69, 9.17) is 9.15 Å². The molecule has 2 aromatic heterocycles. The molecular weight excluding hydrogens is 420 g/mol. The lowest BCUT2D eigenvalue weighted by atomic mass is 10.1. The summed E-state index contributed by atoms with van der Waals surface area (Å²) in [7, 11) is 1.30. The molecule has 2 heterocycles. The van der Waals surface area contributed by atoms with Gasteiger partial charge in [0.25, 0.3) is 16.9 Å². The number of rotatable bonds is 7. The van der Waals surface area contributed by atoms with Gasteiger partial charge in [0.05, 0.1) is 22.0 Å². The summed E-state index contributed by atoms with van der Waals surface area (Å²) in [6.45, 7) is 1.33. The highest BCUT2D eigenvalue weighted by molar-refractivity contribution is 5.73. The number of aromatic amines is 1. The van der Waals surface area contributed by atoms with Crippen LogP contribution in [0.4, 0.5) is 11.4 Å². The van der Waals surface area contributed by atoms with E-state index in [1.165, 1.54) is 25.3 Å². The molecule has 162 valence electrons. The maximum Gasteiger partial charge on any atom is 0.299 e. The van der Waals surface area contributed by atoms with Gasteiger partial charge in [-0.25, -0.2) is 0 Å². The normalized spacial score (nSPS) is 10.9. The second kappa shape index (κ2) is 9.07. The van der Waals surface area contributed by atoms with Crippen molar-refractivity contribution in [3.63, 3.8) is 0 Å². The van der Waals surface area contributed by atoms with Crippen molar-refractivity contribution < 1.29 is 19.0 Å². The molecule has 0 saturated carbocycles. The maximum atomic E-state index is 12.2. The molecule has 11 nitrogen and oxygen atoms in total. The average molecular weight is 436 g/mol. The van der Waals surface area contributed by atoms with E-state index >= 15 is 0 Å². The average Bonchev–Trinajstić information content (AvgIpc) is 3.21. The molecule has 11 heteroatoms. The third kappa shape index (κ3) is 4.30. The van der Waals surface area contributed by atoms with Crippen molar-refractivity contribution >= 4 is 23.5 Å². The maximum absolute atomic E-state index is 12.2.